The summed E-state index contributed by atoms with van der Waals surface area (Å²) in [4.78, 5) is 12.2. The molecule has 3 N–H and O–H groups in total. The van der Waals surface area contributed by atoms with Crippen LogP contribution in [0, 0.1) is 17.3 Å². The molecule has 4 heteroatoms. The van der Waals surface area contributed by atoms with Gasteiger partial charge in [-0.1, -0.05) is 20.8 Å². The molecule has 0 saturated carbocycles. The minimum absolute atomic E-state index is 0.0556. The van der Waals surface area contributed by atoms with E-state index in [1.807, 2.05) is 0 Å². The van der Waals surface area contributed by atoms with E-state index in [0.717, 1.165) is 32.4 Å². The third-order valence-electron chi connectivity index (χ3n) is 5.45. The first-order chi connectivity index (χ1) is 10.1. The molecule has 1 aliphatic heterocycles. The molecule has 1 saturated heterocycles. The fourth-order valence-electron chi connectivity index (χ4n) is 3.36. The van der Waals surface area contributed by atoms with E-state index in [1.54, 1.807) is 0 Å². The molecule has 0 aromatic rings. The number of aliphatic hydroxyl groups is 1. The van der Waals surface area contributed by atoms with Crippen molar-refractivity contribution in [3.8, 4) is 0 Å². The number of carbonyl (C=O) groups excluding carboxylic acids is 1. The lowest BCUT2D eigenvalue weighted by molar-refractivity contribution is -0.123. The van der Waals surface area contributed by atoms with Crippen molar-refractivity contribution >= 4 is 5.91 Å². The molecule has 2 unspecified atom stereocenters. The molecule has 21 heavy (non-hydrogen) atoms. The van der Waals surface area contributed by atoms with Crippen LogP contribution in [0.4, 0.5) is 0 Å². The summed E-state index contributed by atoms with van der Waals surface area (Å²) in [6, 6.07) is 0. The predicted molar refractivity (Wildman–Crippen MR) is 87.1 cm³/mol. The molecule has 0 aromatic heterocycles. The van der Waals surface area contributed by atoms with Crippen molar-refractivity contribution in [3.63, 3.8) is 0 Å². The molecule has 0 bridgehead atoms. The molecule has 2 atom stereocenters. The first-order valence-corrected chi connectivity index (χ1v) is 8.65. The van der Waals surface area contributed by atoms with Crippen LogP contribution in [-0.2, 0) is 4.79 Å². The molecular formula is C17H34N2O2. The monoisotopic (exact) mass is 298 g/mol. The van der Waals surface area contributed by atoms with Crippen molar-refractivity contribution in [1.29, 1.82) is 0 Å². The second-order valence-corrected chi connectivity index (χ2v) is 6.75. The summed E-state index contributed by atoms with van der Waals surface area (Å²) in [5.41, 5.74) is 0.0556. The topological polar surface area (TPSA) is 61.4 Å². The van der Waals surface area contributed by atoms with E-state index >= 15 is 0 Å². The van der Waals surface area contributed by atoms with E-state index < -0.39 is 0 Å². The number of hydrogen-bond donors (Lipinski definition) is 3. The fourth-order valence-corrected chi connectivity index (χ4v) is 3.36. The van der Waals surface area contributed by atoms with Gasteiger partial charge in [0.1, 0.15) is 0 Å². The maximum atomic E-state index is 12.2. The van der Waals surface area contributed by atoms with Gasteiger partial charge in [0.15, 0.2) is 0 Å². The van der Waals surface area contributed by atoms with Gasteiger partial charge in [0.25, 0.3) is 0 Å². The van der Waals surface area contributed by atoms with Crippen LogP contribution in [0.25, 0.3) is 0 Å². The molecule has 124 valence electrons. The van der Waals surface area contributed by atoms with Crippen LogP contribution >= 0.6 is 0 Å². The normalized spacial score (nSPS) is 21.0. The lowest BCUT2D eigenvalue weighted by Crippen LogP contribution is -2.39. The van der Waals surface area contributed by atoms with E-state index in [2.05, 4.69) is 31.4 Å². The van der Waals surface area contributed by atoms with Crippen molar-refractivity contribution in [1.82, 2.24) is 10.6 Å². The fraction of sp³-hybridized carbons (Fsp3) is 0.941. The van der Waals surface area contributed by atoms with Gasteiger partial charge in [-0.15, -0.1) is 0 Å². The third kappa shape index (κ3) is 5.95. The molecular weight excluding hydrogens is 264 g/mol. The van der Waals surface area contributed by atoms with Crippen LogP contribution in [0.2, 0.25) is 0 Å². The van der Waals surface area contributed by atoms with Crippen LogP contribution in [0.5, 0.6) is 0 Å². The standard InChI is InChI=1S/C17H34N2O2/c1-4-17(5-2,8-10-20)13-19-16(21)11-14(3)15-7-6-9-18-12-15/h14-15,18,20H,4-13H2,1-3H3,(H,19,21). The Morgan fingerprint density at radius 2 is 2.14 bits per heavy atom. The summed E-state index contributed by atoms with van der Waals surface area (Å²) < 4.78 is 0. The Morgan fingerprint density at radius 3 is 2.67 bits per heavy atom. The Morgan fingerprint density at radius 1 is 1.43 bits per heavy atom. The van der Waals surface area contributed by atoms with Gasteiger partial charge in [0, 0.05) is 19.6 Å². The van der Waals surface area contributed by atoms with Crippen molar-refractivity contribution in [2.75, 3.05) is 26.2 Å². The van der Waals surface area contributed by atoms with Gasteiger partial charge in [-0.2, -0.15) is 0 Å². The Labute approximate surface area is 130 Å². The van der Waals surface area contributed by atoms with E-state index in [-0.39, 0.29) is 17.9 Å². The summed E-state index contributed by atoms with van der Waals surface area (Å²) in [6.45, 7) is 9.52. The van der Waals surface area contributed by atoms with Gasteiger partial charge < -0.3 is 15.7 Å². The Bertz CT molecular complexity index is 297. The first kappa shape index (κ1) is 18.4. The first-order valence-electron chi connectivity index (χ1n) is 8.65. The third-order valence-corrected chi connectivity index (χ3v) is 5.45. The largest absolute Gasteiger partial charge is 0.396 e. The van der Waals surface area contributed by atoms with Gasteiger partial charge in [-0.3, -0.25) is 4.79 Å². The van der Waals surface area contributed by atoms with Gasteiger partial charge >= 0.3 is 0 Å². The number of rotatable bonds is 9. The van der Waals surface area contributed by atoms with Crippen molar-refractivity contribution in [2.24, 2.45) is 17.3 Å². The molecule has 1 aliphatic rings. The molecule has 1 amide bonds. The molecule has 0 aromatic carbocycles. The molecule has 1 rings (SSSR count). The average molecular weight is 298 g/mol. The van der Waals surface area contributed by atoms with Crippen LogP contribution in [0.1, 0.15) is 59.3 Å². The van der Waals surface area contributed by atoms with E-state index in [4.69, 9.17) is 0 Å². The minimum Gasteiger partial charge on any atom is -0.396 e. The summed E-state index contributed by atoms with van der Waals surface area (Å²) in [5, 5.41) is 15.8. The second-order valence-electron chi connectivity index (χ2n) is 6.75. The SMILES string of the molecule is CCC(CC)(CCO)CNC(=O)CC(C)C1CCCNC1. The minimum atomic E-state index is 0.0556. The Kier molecular flexibility index (Phi) is 8.27. The van der Waals surface area contributed by atoms with Gasteiger partial charge in [0.2, 0.25) is 5.91 Å². The van der Waals surface area contributed by atoms with Crippen LogP contribution in [-0.4, -0.2) is 37.3 Å². The van der Waals surface area contributed by atoms with Gasteiger partial charge in [-0.25, -0.2) is 0 Å². The Hall–Kier alpha value is -0.610. The Balaban J connectivity index is 2.38. The number of amides is 1. The smallest absolute Gasteiger partial charge is 0.220 e. The number of hydrogen-bond acceptors (Lipinski definition) is 3. The zero-order valence-electron chi connectivity index (χ0n) is 14.1. The molecule has 1 fully saturated rings. The molecule has 0 spiro atoms. The predicted octanol–water partition coefficient (Wildman–Crippen LogP) is 2.32. The van der Waals surface area contributed by atoms with E-state index in [1.165, 1.54) is 12.8 Å². The highest BCUT2D eigenvalue weighted by Gasteiger charge is 2.27. The molecule has 0 aliphatic carbocycles. The lowest BCUT2D eigenvalue weighted by Gasteiger charge is -2.32. The highest BCUT2D eigenvalue weighted by atomic mass is 16.3. The number of aliphatic hydroxyl groups excluding tert-OH is 1. The second kappa shape index (κ2) is 9.42. The highest BCUT2D eigenvalue weighted by Crippen LogP contribution is 2.29. The summed E-state index contributed by atoms with van der Waals surface area (Å²) in [7, 11) is 0. The maximum absolute atomic E-state index is 12.2. The zero-order chi connectivity index (χ0) is 15.7. The van der Waals surface area contributed by atoms with Crippen LogP contribution in [0.3, 0.4) is 0 Å². The average Bonchev–Trinajstić information content (AvgIpc) is 2.52. The van der Waals surface area contributed by atoms with Gasteiger partial charge in [0.05, 0.1) is 0 Å². The van der Waals surface area contributed by atoms with Crippen LogP contribution in [0.15, 0.2) is 0 Å². The van der Waals surface area contributed by atoms with Crippen molar-refractivity contribution in [2.45, 2.75) is 59.3 Å². The van der Waals surface area contributed by atoms with Crippen molar-refractivity contribution < 1.29 is 9.90 Å². The number of piperidine rings is 1. The lowest BCUT2D eigenvalue weighted by atomic mass is 9.79. The summed E-state index contributed by atoms with van der Waals surface area (Å²) in [6.07, 6.45) is 5.83. The van der Waals surface area contributed by atoms with E-state index in [9.17, 15) is 9.90 Å². The maximum Gasteiger partial charge on any atom is 0.220 e. The summed E-state index contributed by atoms with van der Waals surface area (Å²) in [5.74, 6) is 1.23. The summed E-state index contributed by atoms with van der Waals surface area (Å²) >= 11 is 0. The zero-order valence-corrected chi connectivity index (χ0v) is 14.1. The number of nitrogens with one attached hydrogen (secondary N) is 2. The van der Waals surface area contributed by atoms with Crippen LogP contribution < -0.4 is 10.6 Å². The van der Waals surface area contributed by atoms with Gasteiger partial charge in [-0.05, 0) is 62.4 Å². The number of carbonyl (C=O) groups is 1. The molecule has 1 heterocycles. The molecule has 4 nitrogen and oxygen atoms in total. The van der Waals surface area contributed by atoms with E-state index in [0.29, 0.717) is 24.8 Å². The van der Waals surface area contributed by atoms with Crippen molar-refractivity contribution in [3.05, 3.63) is 0 Å². The highest BCUT2D eigenvalue weighted by molar-refractivity contribution is 5.76. The molecule has 0 radical (unpaired) electrons. The quantitative estimate of drug-likeness (QED) is 0.612.